The second-order valence-electron chi connectivity index (χ2n) is 3.48. The Kier molecular flexibility index (Phi) is 4.58. The van der Waals surface area contributed by atoms with E-state index in [1.807, 2.05) is 31.2 Å². The summed E-state index contributed by atoms with van der Waals surface area (Å²) in [7, 11) is 4.76. The molecule has 1 aromatic carbocycles. The van der Waals surface area contributed by atoms with E-state index in [-0.39, 0.29) is 0 Å². The summed E-state index contributed by atoms with van der Waals surface area (Å²) >= 11 is 0. The summed E-state index contributed by atoms with van der Waals surface area (Å²) in [5.41, 5.74) is 0. The summed E-state index contributed by atoms with van der Waals surface area (Å²) in [6, 6.07) is 7.45. The molecule has 90 valence electrons. The van der Waals surface area contributed by atoms with E-state index >= 15 is 0 Å². The van der Waals surface area contributed by atoms with Gasteiger partial charge in [-0.05, 0) is 19.1 Å². The van der Waals surface area contributed by atoms with Crippen molar-refractivity contribution in [2.24, 2.45) is 0 Å². The molecule has 0 saturated heterocycles. The van der Waals surface area contributed by atoms with Gasteiger partial charge in [0, 0.05) is 14.2 Å². The van der Waals surface area contributed by atoms with E-state index in [9.17, 15) is 0 Å². The van der Waals surface area contributed by atoms with Crippen molar-refractivity contribution in [3.63, 3.8) is 0 Å². The third-order valence-corrected chi connectivity index (χ3v) is 2.42. The highest BCUT2D eigenvalue weighted by Crippen LogP contribution is 2.27. The second-order valence-corrected chi connectivity index (χ2v) is 3.48. The normalized spacial score (nSPS) is 11.2. The van der Waals surface area contributed by atoms with Crippen LogP contribution in [0.2, 0.25) is 0 Å². The van der Waals surface area contributed by atoms with E-state index in [0.717, 1.165) is 0 Å². The number of hydrogen-bond acceptors (Lipinski definition) is 4. The van der Waals surface area contributed by atoms with Crippen molar-refractivity contribution >= 4 is 0 Å². The van der Waals surface area contributed by atoms with Crippen LogP contribution < -0.4 is 9.47 Å². The number of benzene rings is 1. The number of hydrogen-bond donors (Lipinski definition) is 0. The predicted molar refractivity (Wildman–Crippen MR) is 60.9 cm³/mol. The first-order valence-corrected chi connectivity index (χ1v) is 5.01. The molecule has 0 radical (unpaired) electrons. The third kappa shape index (κ3) is 3.12. The zero-order chi connectivity index (χ0) is 12.0. The molecular formula is C12H18O4. The van der Waals surface area contributed by atoms with Crippen molar-refractivity contribution in [1.29, 1.82) is 0 Å². The average Bonchev–Trinajstić information content (AvgIpc) is 2.36. The third-order valence-electron chi connectivity index (χ3n) is 2.42. The summed E-state index contributed by atoms with van der Waals surface area (Å²) in [6.07, 6.45) is 0. The van der Waals surface area contributed by atoms with Crippen molar-refractivity contribution in [3.8, 4) is 11.5 Å². The minimum absolute atomic E-state index is 0.292. The van der Waals surface area contributed by atoms with Gasteiger partial charge < -0.3 is 18.9 Å². The van der Waals surface area contributed by atoms with Gasteiger partial charge >= 0.3 is 0 Å². The van der Waals surface area contributed by atoms with Crippen LogP contribution in [-0.4, -0.2) is 33.7 Å². The van der Waals surface area contributed by atoms with Gasteiger partial charge in [0.25, 0.3) is 0 Å². The maximum atomic E-state index is 5.60. The summed E-state index contributed by atoms with van der Waals surface area (Å²) in [6.45, 7) is 2.10. The Bertz CT molecular complexity index is 321. The molecule has 1 rings (SSSR count). The molecule has 0 bridgehead atoms. The van der Waals surface area contributed by atoms with E-state index in [1.54, 1.807) is 21.3 Å². The van der Waals surface area contributed by atoms with Crippen LogP contribution in [-0.2, 0) is 9.47 Å². The molecule has 1 aromatic rings. The van der Waals surface area contributed by atoms with E-state index in [1.165, 1.54) is 0 Å². The second kappa shape index (κ2) is 5.72. The zero-order valence-corrected chi connectivity index (χ0v) is 10.1. The number of rotatable bonds is 6. The van der Waals surface area contributed by atoms with Crippen molar-refractivity contribution in [3.05, 3.63) is 24.3 Å². The molecule has 0 aliphatic carbocycles. The van der Waals surface area contributed by atoms with Crippen molar-refractivity contribution < 1.29 is 18.9 Å². The monoisotopic (exact) mass is 226 g/mol. The van der Waals surface area contributed by atoms with E-state index in [2.05, 4.69) is 0 Å². The smallest absolute Gasteiger partial charge is 0.199 e. The van der Waals surface area contributed by atoms with Crippen LogP contribution in [0.3, 0.4) is 0 Å². The molecule has 0 aromatic heterocycles. The van der Waals surface area contributed by atoms with E-state index in [4.69, 9.17) is 18.9 Å². The van der Waals surface area contributed by atoms with E-state index in [0.29, 0.717) is 18.1 Å². The molecule has 0 aliphatic heterocycles. The van der Waals surface area contributed by atoms with Crippen LogP contribution in [0.4, 0.5) is 0 Å². The van der Waals surface area contributed by atoms with Crippen LogP contribution in [0.1, 0.15) is 6.92 Å². The fourth-order valence-electron chi connectivity index (χ4n) is 1.15. The van der Waals surface area contributed by atoms with Gasteiger partial charge in [0.1, 0.15) is 6.61 Å². The molecule has 0 aliphatic rings. The maximum Gasteiger partial charge on any atom is 0.199 e. The minimum Gasteiger partial charge on any atom is -0.493 e. The summed E-state index contributed by atoms with van der Waals surface area (Å²) in [5, 5.41) is 0. The summed E-state index contributed by atoms with van der Waals surface area (Å²) in [5.74, 6) is 0.614. The molecule has 0 heterocycles. The van der Waals surface area contributed by atoms with Crippen molar-refractivity contribution in [2.75, 3.05) is 27.9 Å². The Morgan fingerprint density at radius 2 is 1.56 bits per heavy atom. The zero-order valence-electron chi connectivity index (χ0n) is 10.1. The first-order valence-electron chi connectivity index (χ1n) is 5.01. The molecule has 0 spiro atoms. The van der Waals surface area contributed by atoms with Gasteiger partial charge in [-0.3, -0.25) is 0 Å². The molecule has 0 fully saturated rings. The molecule has 0 amide bonds. The predicted octanol–water partition coefficient (Wildman–Crippen LogP) is 2.08. The highest BCUT2D eigenvalue weighted by Gasteiger charge is 2.24. The Balaban J connectivity index is 2.67. The highest BCUT2D eigenvalue weighted by atomic mass is 16.7. The van der Waals surface area contributed by atoms with Crippen LogP contribution in [0.25, 0.3) is 0 Å². The van der Waals surface area contributed by atoms with Crippen molar-refractivity contribution in [1.82, 2.24) is 0 Å². The number of methoxy groups -OCH3 is 3. The molecule has 4 nitrogen and oxygen atoms in total. The molecule has 0 saturated carbocycles. The Morgan fingerprint density at radius 3 is 2.06 bits per heavy atom. The first kappa shape index (κ1) is 12.8. The molecule has 16 heavy (non-hydrogen) atoms. The first-order chi connectivity index (χ1) is 7.65. The van der Waals surface area contributed by atoms with E-state index < -0.39 is 5.79 Å². The lowest BCUT2D eigenvalue weighted by Gasteiger charge is -2.26. The van der Waals surface area contributed by atoms with Crippen LogP contribution in [0.5, 0.6) is 11.5 Å². The highest BCUT2D eigenvalue weighted by molar-refractivity contribution is 5.39. The lowest BCUT2D eigenvalue weighted by Crippen LogP contribution is -2.36. The Labute approximate surface area is 96.1 Å². The molecular weight excluding hydrogens is 208 g/mol. The molecule has 0 unspecified atom stereocenters. The number of ether oxygens (including phenoxy) is 4. The van der Waals surface area contributed by atoms with Crippen LogP contribution in [0, 0.1) is 0 Å². The van der Waals surface area contributed by atoms with Crippen LogP contribution in [0.15, 0.2) is 24.3 Å². The minimum atomic E-state index is -0.749. The Morgan fingerprint density at radius 1 is 1.00 bits per heavy atom. The van der Waals surface area contributed by atoms with Gasteiger partial charge in [-0.25, -0.2) is 0 Å². The van der Waals surface area contributed by atoms with Crippen LogP contribution >= 0.6 is 0 Å². The molecule has 0 N–H and O–H groups in total. The van der Waals surface area contributed by atoms with Gasteiger partial charge in [0.05, 0.1) is 7.11 Å². The summed E-state index contributed by atoms with van der Waals surface area (Å²) < 4.78 is 21.2. The number of para-hydroxylation sites is 2. The fraction of sp³-hybridized carbons (Fsp3) is 0.500. The fourth-order valence-corrected chi connectivity index (χ4v) is 1.15. The largest absolute Gasteiger partial charge is 0.493 e. The quantitative estimate of drug-likeness (QED) is 0.696. The van der Waals surface area contributed by atoms with Gasteiger partial charge in [0.15, 0.2) is 17.3 Å². The van der Waals surface area contributed by atoms with Gasteiger partial charge in [0.2, 0.25) is 0 Å². The van der Waals surface area contributed by atoms with Gasteiger partial charge in [-0.1, -0.05) is 12.1 Å². The SMILES string of the molecule is COc1ccccc1OCC(C)(OC)OC. The maximum absolute atomic E-state index is 5.60. The summed E-state index contributed by atoms with van der Waals surface area (Å²) in [4.78, 5) is 0. The lowest BCUT2D eigenvalue weighted by molar-refractivity contribution is -0.209. The molecule has 0 atom stereocenters. The van der Waals surface area contributed by atoms with Crippen molar-refractivity contribution in [2.45, 2.75) is 12.7 Å². The Hall–Kier alpha value is -1.26. The molecule has 4 heteroatoms. The van der Waals surface area contributed by atoms with Gasteiger partial charge in [-0.2, -0.15) is 0 Å². The standard InChI is InChI=1S/C12H18O4/c1-12(14-3,15-4)9-16-11-8-6-5-7-10(11)13-2/h5-8H,9H2,1-4H3. The topological polar surface area (TPSA) is 36.9 Å². The lowest BCUT2D eigenvalue weighted by atomic mass is 10.3. The van der Waals surface area contributed by atoms with Gasteiger partial charge in [-0.15, -0.1) is 0 Å². The average molecular weight is 226 g/mol.